The second-order valence-electron chi connectivity index (χ2n) is 7.02. The van der Waals surface area contributed by atoms with E-state index < -0.39 is 9.84 Å². The SMILES string of the molecule is Cc1cc(Oc2cccc(Br)c2)ccc1S(=O)(=O)c1ccc(Oc2cccc(Br)c2)cc1. The Hall–Kier alpha value is -2.61. The van der Waals surface area contributed by atoms with E-state index in [1.807, 2.05) is 48.5 Å². The average molecular weight is 574 g/mol. The molecule has 0 radical (unpaired) electrons. The van der Waals surface area contributed by atoms with Crippen LogP contribution in [0.1, 0.15) is 5.56 Å². The Morgan fingerprint density at radius 2 is 1.12 bits per heavy atom. The first-order valence-corrected chi connectivity index (χ1v) is 12.7. The third kappa shape index (κ3) is 5.23. The van der Waals surface area contributed by atoms with E-state index >= 15 is 0 Å². The molecule has 4 nitrogen and oxygen atoms in total. The fourth-order valence-corrected chi connectivity index (χ4v) is 5.37. The molecule has 0 spiro atoms. The number of benzene rings is 4. The summed E-state index contributed by atoms with van der Waals surface area (Å²) in [5, 5.41) is 0. The van der Waals surface area contributed by atoms with Gasteiger partial charge in [-0.15, -0.1) is 0 Å². The van der Waals surface area contributed by atoms with Crippen molar-refractivity contribution in [2.75, 3.05) is 0 Å². The van der Waals surface area contributed by atoms with E-state index in [1.54, 1.807) is 49.4 Å². The van der Waals surface area contributed by atoms with Crippen molar-refractivity contribution in [3.8, 4) is 23.0 Å². The highest BCUT2D eigenvalue weighted by Crippen LogP contribution is 2.31. The van der Waals surface area contributed by atoms with Gasteiger partial charge in [0.15, 0.2) is 0 Å². The van der Waals surface area contributed by atoms with Crippen molar-refractivity contribution >= 4 is 41.7 Å². The fourth-order valence-electron chi connectivity index (χ4n) is 3.13. The maximum absolute atomic E-state index is 13.2. The number of sulfone groups is 1. The summed E-state index contributed by atoms with van der Waals surface area (Å²) < 4.78 is 39.8. The Labute approximate surface area is 204 Å². The smallest absolute Gasteiger partial charge is 0.206 e. The zero-order chi connectivity index (χ0) is 22.7. The summed E-state index contributed by atoms with van der Waals surface area (Å²) in [5.41, 5.74) is 0.604. The van der Waals surface area contributed by atoms with E-state index in [4.69, 9.17) is 9.47 Å². The van der Waals surface area contributed by atoms with E-state index in [9.17, 15) is 8.42 Å². The lowest BCUT2D eigenvalue weighted by atomic mass is 10.2. The molecule has 0 aromatic heterocycles. The molecule has 0 aliphatic carbocycles. The molecule has 162 valence electrons. The maximum atomic E-state index is 13.2. The number of hydrogen-bond acceptors (Lipinski definition) is 4. The van der Waals surface area contributed by atoms with Crippen molar-refractivity contribution in [2.24, 2.45) is 0 Å². The van der Waals surface area contributed by atoms with Crippen LogP contribution >= 0.6 is 31.9 Å². The lowest BCUT2D eigenvalue weighted by Gasteiger charge is -2.12. The van der Waals surface area contributed by atoms with Gasteiger partial charge in [0.25, 0.3) is 0 Å². The van der Waals surface area contributed by atoms with Crippen LogP contribution in [0.2, 0.25) is 0 Å². The van der Waals surface area contributed by atoms with Gasteiger partial charge < -0.3 is 9.47 Å². The highest BCUT2D eigenvalue weighted by Gasteiger charge is 2.20. The Morgan fingerprint density at radius 1 is 0.625 bits per heavy atom. The predicted molar refractivity (Wildman–Crippen MR) is 132 cm³/mol. The zero-order valence-electron chi connectivity index (χ0n) is 17.0. The minimum atomic E-state index is -3.69. The standard InChI is InChI=1S/C25H18Br2O4S/c1-17-14-23(31-22-7-3-5-19(27)16-22)10-13-25(17)32(28,29)24-11-8-20(9-12-24)30-21-6-2-4-18(26)15-21/h2-16H,1H3. The molecule has 4 aromatic carbocycles. The van der Waals surface area contributed by atoms with Gasteiger partial charge >= 0.3 is 0 Å². The van der Waals surface area contributed by atoms with Gasteiger partial charge in [0.2, 0.25) is 9.84 Å². The van der Waals surface area contributed by atoms with Crippen molar-refractivity contribution in [3.05, 3.63) is 106 Å². The molecule has 0 N–H and O–H groups in total. The van der Waals surface area contributed by atoms with Crippen LogP contribution in [0.3, 0.4) is 0 Å². The minimum absolute atomic E-state index is 0.197. The van der Waals surface area contributed by atoms with Crippen LogP contribution in [0.15, 0.2) is 110 Å². The molecule has 0 aliphatic rings. The van der Waals surface area contributed by atoms with Crippen LogP contribution in [-0.4, -0.2) is 8.42 Å². The Morgan fingerprint density at radius 3 is 1.66 bits per heavy atom. The van der Waals surface area contributed by atoms with Gasteiger partial charge in [0, 0.05) is 8.95 Å². The molecule has 0 atom stereocenters. The highest BCUT2D eigenvalue weighted by molar-refractivity contribution is 9.10. The molecule has 0 amide bonds. The summed E-state index contributed by atoms with van der Waals surface area (Å²) in [7, 11) is -3.69. The molecular formula is C25H18Br2O4S. The predicted octanol–water partition coefficient (Wildman–Crippen LogP) is 7.94. The second kappa shape index (κ2) is 9.48. The normalized spacial score (nSPS) is 11.2. The van der Waals surface area contributed by atoms with E-state index in [-0.39, 0.29) is 9.79 Å². The quantitative estimate of drug-likeness (QED) is 0.235. The van der Waals surface area contributed by atoms with E-state index in [0.29, 0.717) is 28.6 Å². The minimum Gasteiger partial charge on any atom is -0.457 e. The van der Waals surface area contributed by atoms with Crippen molar-refractivity contribution in [1.29, 1.82) is 0 Å². The van der Waals surface area contributed by atoms with Crippen LogP contribution in [0.5, 0.6) is 23.0 Å². The van der Waals surface area contributed by atoms with E-state index in [2.05, 4.69) is 31.9 Å². The first-order valence-electron chi connectivity index (χ1n) is 9.64. The molecule has 32 heavy (non-hydrogen) atoms. The molecular weight excluding hydrogens is 556 g/mol. The zero-order valence-corrected chi connectivity index (χ0v) is 20.9. The summed E-state index contributed by atoms with van der Waals surface area (Å²) in [4.78, 5) is 0.433. The lowest BCUT2D eigenvalue weighted by molar-refractivity contribution is 0.481. The highest BCUT2D eigenvalue weighted by atomic mass is 79.9. The van der Waals surface area contributed by atoms with Gasteiger partial charge in [-0.1, -0.05) is 44.0 Å². The third-order valence-corrected chi connectivity index (χ3v) is 7.55. The molecule has 4 aromatic rings. The molecule has 0 unspecified atom stereocenters. The number of hydrogen-bond donors (Lipinski definition) is 0. The number of halogens is 2. The van der Waals surface area contributed by atoms with Gasteiger partial charge in [0.05, 0.1) is 9.79 Å². The topological polar surface area (TPSA) is 52.6 Å². The van der Waals surface area contributed by atoms with Gasteiger partial charge in [-0.25, -0.2) is 8.42 Å². The molecule has 7 heteroatoms. The number of aryl methyl sites for hydroxylation is 1. The Balaban J connectivity index is 1.55. The number of ether oxygens (including phenoxy) is 2. The molecule has 4 rings (SSSR count). The lowest BCUT2D eigenvalue weighted by Crippen LogP contribution is -2.04. The largest absolute Gasteiger partial charge is 0.457 e. The summed E-state index contributed by atoms with van der Waals surface area (Å²) in [6.07, 6.45) is 0. The van der Waals surface area contributed by atoms with Crippen LogP contribution in [0.4, 0.5) is 0 Å². The van der Waals surface area contributed by atoms with Crippen molar-refractivity contribution < 1.29 is 17.9 Å². The molecule has 0 saturated heterocycles. The summed E-state index contributed by atoms with van der Waals surface area (Å²) in [5.74, 6) is 2.44. The summed E-state index contributed by atoms with van der Waals surface area (Å²) >= 11 is 6.81. The monoisotopic (exact) mass is 572 g/mol. The molecule has 0 bridgehead atoms. The van der Waals surface area contributed by atoms with Gasteiger partial charge in [-0.3, -0.25) is 0 Å². The fraction of sp³-hybridized carbons (Fsp3) is 0.0400. The molecule has 0 fully saturated rings. The average Bonchev–Trinajstić information content (AvgIpc) is 2.74. The second-order valence-corrected chi connectivity index (χ2v) is 10.8. The van der Waals surface area contributed by atoms with Crippen molar-refractivity contribution in [3.63, 3.8) is 0 Å². The van der Waals surface area contributed by atoms with Crippen LogP contribution in [-0.2, 0) is 9.84 Å². The first-order chi connectivity index (χ1) is 15.3. The van der Waals surface area contributed by atoms with Crippen LogP contribution in [0, 0.1) is 6.92 Å². The molecule has 0 saturated carbocycles. The summed E-state index contributed by atoms with van der Waals surface area (Å²) in [6.45, 7) is 1.76. The molecule has 0 aliphatic heterocycles. The van der Waals surface area contributed by atoms with Crippen LogP contribution < -0.4 is 9.47 Å². The van der Waals surface area contributed by atoms with E-state index in [1.165, 1.54) is 0 Å². The van der Waals surface area contributed by atoms with Crippen molar-refractivity contribution in [1.82, 2.24) is 0 Å². The maximum Gasteiger partial charge on any atom is 0.206 e. The van der Waals surface area contributed by atoms with E-state index in [0.717, 1.165) is 8.95 Å². The first kappa shape index (κ1) is 22.6. The van der Waals surface area contributed by atoms with Gasteiger partial charge in [-0.2, -0.15) is 0 Å². The number of rotatable bonds is 6. The molecule has 0 heterocycles. The Bertz CT molecular complexity index is 1370. The van der Waals surface area contributed by atoms with Crippen molar-refractivity contribution in [2.45, 2.75) is 16.7 Å². The summed E-state index contributed by atoms with van der Waals surface area (Å²) in [6, 6.07) is 26.2. The van der Waals surface area contributed by atoms with Gasteiger partial charge in [-0.05, 0) is 91.3 Å². The van der Waals surface area contributed by atoms with Crippen LogP contribution in [0.25, 0.3) is 0 Å². The Kier molecular flexibility index (Phi) is 6.69. The van der Waals surface area contributed by atoms with Gasteiger partial charge in [0.1, 0.15) is 23.0 Å². The third-order valence-electron chi connectivity index (χ3n) is 4.63.